The van der Waals surface area contributed by atoms with Crippen LogP contribution < -0.4 is 5.32 Å². The Hall–Kier alpha value is -1.50. The van der Waals surface area contributed by atoms with Gasteiger partial charge in [0.25, 0.3) is 0 Å². The Labute approximate surface area is 153 Å². The number of hydrogen-bond acceptors (Lipinski definition) is 5. The molecular weight excluding hydrogens is 336 g/mol. The number of hydrogen-bond donors (Lipinski definition) is 1. The number of aromatic nitrogens is 2. The highest BCUT2D eigenvalue weighted by Crippen LogP contribution is 2.22. The second kappa shape index (κ2) is 8.05. The molecule has 0 atom stereocenters. The van der Waals surface area contributed by atoms with Crippen LogP contribution in [0, 0.1) is 3.95 Å². The minimum atomic E-state index is 0.187. The first kappa shape index (κ1) is 18.8. The van der Waals surface area contributed by atoms with Crippen LogP contribution in [0.5, 0.6) is 0 Å². The van der Waals surface area contributed by atoms with E-state index in [0.717, 1.165) is 15.6 Å². The molecule has 1 aromatic carbocycles. The molecule has 0 aliphatic heterocycles. The van der Waals surface area contributed by atoms with Gasteiger partial charge >= 0.3 is 0 Å². The van der Waals surface area contributed by atoms with Gasteiger partial charge in [0.2, 0.25) is 5.13 Å². The minimum Gasteiger partial charge on any atom is -0.357 e. The number of rotatable bonds is 7. The lowest BCUT2D eigenvalue weighted by molar-refractivity contribution is 0.245. The number of anilines is 1. The third-order valence-electron chi connectivity index (χ3n) is 3.65. The van der Waals surface area contributed by atoms with E-state index in [4.69, 9.17) is 12.2 Å². The Morgan fingerprint density at radius 2 is 2.00 bits per heavy atom. The Morgan fingerprint density at radius 1 is 1.33 bits per heavy atom. The van der Waals surface area contributed by atoms with Crippen molar-refractivity contribution in [2.45, 2.75) is 39.4 Å². The Morgan fingerprint density at radius 3 is 2.58 bits per heavy atom. The van der Waals surface area contributed by atoms with E-state index in [1.165, 1.54) is 22.5 Å². The molecule has 1 N–H and O–H groups in total. The molecule has 0 aliphatic carbocycles. The molecule has 4 nitrogen and oxygen atoms in total. The summed E-state index contributed by atoms with van der Waals surface area (Å²) in [5, 5.41) is 8.52. The summed E-state index contributed by atoms with van der Waals surface area (Å²) in [6, 6.07) is 8.84. The fraction of sp³-hybridized carbons (Fsp3) is 0.444. The van der Waals surface area contributed by atoms with Crippen LogP contribution >= 0.6 is 23.6 Å². The zero-order valence-electron chi connectivity index (χ0n) is 14.9. The molecule has 6 heteroatoms. The van der Waals surface area contributed by atoms with E-state index < -0.39 is 0 Å². The molecule has 1 aromatic heterocycles. The van der Waals surface area contributed by atoms with E-state index in [-0.39, 0.29) is 5.41 Å². The first-order valence-electron chi connectivity index (χ1n) is 8.00. The summed E-state index contributed by atoms with van der Waals surface area (Å²) in [7, 11) is 2.08. The Balaban J connectivity index is 1.98. The zero-order valence-corrected chi connectivity index (χ0v) is 16.5. The predicted octanol–water partition coefficient (Wildman–Crippen LogP) is 4.66. The molecule has 24 heavy (non-hydrogen) atoms. The molecule has 0 fully saturated rings. The second-order valence-electron chi connectivity index (χ2n) is 6.94. The predicted molar refractivity (Wildman–Crippen MR) is 106 cm³/mol. The summed E-state index contributed by atoms with van der Waals surface area (Å²) >= 11 is 6.88. The number of nitrogens with zero attached hydrogens (tertiary/aromatic N) is 3. The first-order chi connectivity index (χ1) is 11.3. The van der Waals surface area contributed by atoms with Gasteiger partial charge in [0.15, 0.2) is 3.95 Å². The van der Waals surface area contributed by atoms with Gasteiger partial charge < -0.3 is 5.32 Å². The molecular formula is C18H26N4S2. The topological polar surface area (TPSA) is 33.1 Å². The molecule has 0 amide bonds. The van der Waals surface area contributed by atoms with Crippen LogP contribution in [0.4, 0.5) is 5.13 Å². The van der Waals surface area contributed by atoms with Crippen LogP contribution in [0.2, 0.25) is 0 Å². The first-order valence-corrected chi connectivity index (χ1v) is 9.23. The van der Waals surface area contributed by atoms with Crippen molar-refractivity contribution in [3.63, 3.8) is 0 Å². The van der Waals surface area contributed by atoms with Crippen LogP contribution in [0.25, 0.3) is 0 Å². The maximum absolute atomic E-state index is 5.39. The van der Waals surface area contributed by atoms with Gasteiger partial charge in [0.1, 0.15) is 0 Å². The fourth-order valence-corrected chi connectivity index (χ4v) is 3.33. The Bertz CT molecular complexity index is 723. The third-order valence-corrected chi connectivity index (χ3v) is 4.92. The van der Waals surface area contributed by atoms with Crippen molar-refractivity contribution in [1.29, 1.82) is 0 Å². The summed E-state index contributed by atoms with van der Waals surface area (Å²) in [5.41, 5.74) is 2.83. The maximum atomic E-state index is 5.39. The highest BCUT2D eigenvalue weighted by atomic mass is 32.1. The third kappa shape index (κ3) is 5.26. The largest absolute Gasteiger partial charge is 0.357 e. The van der Waals surface area contributed by atoms with Crippen molar-refractivity contribution in [1.82, 2.24) is 14.7 Å². The molecule has 130 valence electrons. The van der Waals surface area contributed by atoms with E-state index >= 15 is 0 Å². The van der Waals surface area contributed by atoms with Crippen LogP contribution in [-0.4, -0.2) is 28.3 Å². The normalized spacial score (nSPS) is 11.7. The summed E-state index contributed by atoms with van der Waals surface area (Å²) in [6.45, 7) is 12.6. The second-order valence-corrected chi connectivity index (χ2v) is 8.57. The van der Waals surface area contributed by atoms with E-state index in [9.17, 15) is 0 Å². The van der Waals surface area contributed by atoms with Crippen molar-refractivity contribution in [2.24, 2.45) is 0 Å². The van der Waals surface area contributed by atoms with Gasteiger partial charge in [-0.25, -0.2) is 4.68 Å². The lowest BCUT2D eigenvalue weighted by Crippen LogP contribution is -2.22. The van der Waals surface area contributed by atoms with Crippen LogP contribution in [0.3, 0.4) is 0 Å². The smallest absolute Gasteiger partial charge is 0.204 e. The molecule has 0 unspecified atom stereocenters. The highest BCUT2D eigenvalue weighted by Gasteiger charge is 2.13. The average Bonchev–Trinajstić information content (AvgIpc) is 2.84. The molecule has 0 saturated carbocycles. The number of benzene rings is 1. The molecule has 2 aromatic rings. The lowest BCUT2D eigenvalue weighted by atomic mass is 9.87. The summed E-state index contributed by atoms with van der Waals surface area (Å²) in [5.74, 6) is 0. The Kier molecular flexibility index (Phi) is 6.32. The number of nitrogens with one attached hydrogen (secondary N) is 1. The van der Waals surface area contributed by atoms with Crippen molar-refractivity contribution in [2.75, 3.05) is 18.9 Å². The van der Waals surface area contributed by atoms with Crippen LogP contribution in [0.1, 0.15) is 31.9 Å². The monoisotopic (exact) mass is 362 g/mol. The molecule has 0 radical (unpaired) electrons. The molecule has 0 saturated heterocycles. The van der Waals surface area contributed by atoms with Crippen molar-refractivity contribution >= 4 is 28.7 Å². The molecule has 1 heterocycles. The van der Waals surface area contributed by atoms with Crippen molar-refractivity contribution in [3.05, 3.63) is 52.0 Å². The average molecular weight is 363 g/mol. The van der Waals surface area contributed by atoms with Gasteiger partial charge in [-0.15, -0.1) is 11.7 Å². The van der Waals surface area contributed by atoms with E-state index in [1.54, 1.807) is 0 Å². The zero-order chi connectivity index (χ0) is 17.7. The highest BCUT2D eigenvalue weighted by molar-refractivity contribution is 7.73. The van der Waals surface area contributed by atoms with Gasteiger partial charge in [-0.05, 0) is 35.8 Å². The van der Waals surface area contributed by atoms with Crippen LogP contribution in [-0.2, 0) is 18.6 Å². The van der Waals surface area contributed by atoms with Gasteiger partial charge in [-0.2, -0.15) is 0 Å². The van der Waals surface area contributed by atoms with Gasteiger partial charge in [-0.3, -0.25) is 4.90 Å². The molecule has 0 aliphatic rings. The van der Waals surface area contributed by atoms with E-state index in [1.807, 2.05) is 10.8 Å². The molecule has 2 rings (SSSR count). The molecule has 0 spiro atoms. The summed E-state index contributed by atoms with van der Waals surface area (Å²) in [6.07, 6.45) is 1.81. The van der Waals surface area contributed by atoms with E-state index in [0.29, 0.717) is 13.2 Å². The standard InChI is InChI=1S/C18H26N4S2/c1-6-11-19-16-20-22(17(23)24-16)13-21(5)12-14-7-9-15(10-8-14)18(2,3)4/h6-10H,1,11-13H2,2-5H3,(H,19,20). The quantitative estimate of drug-likeness (QED) is 0.574. The summed E-state index contributed by atoms with van der Waals surface area (Å²) < 4.78 is 2.63. The molecule has 0 bridgehead atoms. The van der Waals surface area contributed by atoms with Gasteiger partial charge in [0.05, 0.1) is 6.67 Å². The SMILES string of the molecule is C=CCNc1nn(CN(C)Cc2ccc(C(C)(C)C)cc2)c(=S)s1. The van der Waals surface area contributed by atoms with Gasteiger partial charge in [0, 0.05) is 13.1 Å². The lowest BCUT2D eigenvalue weighted by Gasteiger charge is -2.20. The maximum Gasteiger partial charge on any atom is 0.204 e. The fourth-order valence-electron chi connectivity index (χ4n) is 2.33. The minimum absolute atomic E-state index is 0.187. The van der Waals surface area contributed by atoms with Gasteiger partial charge in [-0.1, -0.05) is 62.4 Å². The van der Waals surface area contributed by atoms with E-state index in [2.05, 4.69) is 74.0 Å². The van der Waals surface area contributed by atoms with Crippen LogP contribution in [0.15, 0.2) is 36.9 Å². The van der Waals surface area contributed by atoms with Crippen molar-refractivity contribution < 1.29 is 0 Å². The van der Waals surface area contributed by atoms with Crippen molar-refractivity contribution in [3.8, 4) is 0 Å². The summed E-state index contributed by atoms with van der Waals surface area (Å²) in [4.78, 5) is 2.21.